The molecule has 6 nitrogen and oxygen atoms in total. The summed E-state index contributed by atoms with van der Waals surface area (Å²) < 4.78 is 3.52. The minimum absolute atomic E-state index is 0.00814. The molecule has 0 unspecified atom stereocenters. The van der Waals surface area contributed by atoms with E-state index in [4.69, 9.17) is 0 Å². The van der Waals surface area contributed by atoms with E-state index in [1.165, 1.54) is 28.6 Å². The molecule has 1 aliphatic carbocycles. The summed E-state index contributed by atoms with van der Waals surface area (Å²) in [5, 5.41) is 9.97. The van der Waals surface area contributed by atoms with Gasteiger partial charge in [-0.2, -0.15) is 0 Å². The summed E-state index contributed by atoms with van der Waals surface area (Å²) in [7, 11) is 1.74. The first-order valence-electron chi connectivity index (χ1n) is 9.24. The smallest absolute Gasteiger partial charge is 0.263 e. The quantitative estimate of drug-likeness (QED) is 0.380. The second-order valence-corrected chi connectivity index (χ2v) is 8.98. The third-order valence-electron chi connectivity index (χ3n) is 5.22. The van der Waals surface area contributed by atoms with E-state index >= 15 is 0 Å². The Morgan fingerprint density at radius 3 is 2.79 bits per heavy atom. The molecule has 0 N–H and O–H groups in total. The van der Waals surface area contributed by atoms with Crippen LogP contribution in [-0.2, 0) is 19.9 Å². The number of hydrogen-bond acceptors (Lipinski definition) is 6. The predicted molar refractivity (Wildman–Crippen MR) is 112 cm³/mol. The van der Waals surface area contributed by atoms with Crippen molar-refractivity contribution >= 4 is 44.9 Å². The Morgan fingerprint density at radius 2 is 1.96 bits per heavy atom. The van der Waals surface area contributed by atoms with Crippen LogP contribution in [0.5, 0.6) is 0 Å². The molecule has 5 rings (SSSR count). The summed E-state index contributed by atoms with van der Waals surface area (Å²) in [6.07, 6.45) is 4.26. The summed E-state index contributed by atoms with van der Waals surface area (Å²) in [6, 6.07) is 9.26. The minimum Gasteiger partial charge on any atom is -0.293 e. The third kappa shape index (κ3) is 2.70. The Kier molecular flexibility index (Phi) is 4.32. The van der Waals surface area contributed by atoms with E-state index in [-0.39, 0.29) is 17.1 Å². The fraction of sp³-hybridized carbons (Fsp3) is 0.300. The average Bonchev–Trinajstić information content (AvgIpc) is 3.32. The van der Waals surface area contributed by atoms with Crippen LogP contribution in [-0.4, -0.2) is 30.7 Å². The number of Topliss-reactive ketones (excluding diaryl/α,β-unsaturated/α-hetero) is 1. The van der Waals surface area contributed by atoms with E-state index < -0.39 is 0 Å². The van der Waals surface area contributed by atoms with Crippen LogP contribution in [0.15, 0.2) is 40.3 Å². The van der Waals surface area contributed by atoms with Gasteiger partial charge in [0.25, 0.3) is 5.56 Å². The number of aryl methyl sites for hydroxylation is 3. The lowest BCUT2D eigenvalue weighted by atomic mass is 9.97. The van der Waals surface area contributed by atoms with Crippen LogP contribution in [0.25, 0.3) is 16.0 Å². The van der Waals surface area contributed by atoms with Gasteiger partial charge in [0.2, 0.25) is 5.78 Å². The van der Waals surface area contributed by atoms with Crippen molar-refractivity contribution in [1.29, 1.82) is 0 Å². The number of nitrogens with zero attached hydrogens (tertiary/aromatic N) is 4. The molecule has 0 fully saturated rings. The number of carbonyl (C=O) groups is 1. The van der Waals surface area contributed by atoms with Crippen LogP contribution in [0.1, 0.15) is 33.6 Å². The van der Waals surface area contributed by atoms with Gasteiger partial charge in [-0.3, -0.25) is 14.2 Å². The molecule has 0 atom stereocenters. The van der Waals surface area contributed by atoms with E-state index in [9.17, 15) is 9.59 Å². The van der Waals surface area contributed by atoms with Gasteiger partial charge in [0.05, 0.1) is 11.1 Å². The topological polar surface area (TPSA) is 69.3 Å². The van der Waals surface area contributed by atoms with Gasteiger partial charge in [0, 0.05) is 17.5 Å². The molecule has 1 aromatic carbocycles. The van der Waals surface area contributed by atoms with Crippen LogP contribution >= 0.6 is 23.1 Å². The van der Waals surface area contributed by atoms with Crippen molar-refractivity contribution in [2.75, 3.05) is 5.75 Å². The van der Waals surface area contributed by atoms with Crippen molar-refractivity contribution in [1.82, 2.24) is 19.2 Å². The fourth-order valence-corrected chi connectivity index (χ4v) is 6.04. The average molecular weight is 411 g/mol. The van der Waals surface area contributed by atoms with Gasteiger partial charge in [-0.05, 0) is 31.2 Å². The van der Waals surface area contributed by atoms with E-state index in [2.05, 4.69) is 10.2 Å². The van der Waals surface area contributed by atoms with E-state index in [0.717, 1.165) is 29.5 Å². The number of carbonyl (C=O) groups excluding carboxylic acids is 1. The number of thioether (sulfide) groups is 1. The third-order valence-corrected chi connectivity index (χ3v) is 7.42. The van der Waals surface area contributed by atoms with Crippen LogP contribution in [0.4, 0.5) is 0 Å². The Labute approximate surface area is 169 Å². The van der Waals surface area contributed by atoms with Gasteiger partial charge < -0.3 is 0 Å². The zero-order chi connectivity index (χ0) is 19.3. The van der Waals surface area contributed by atoms with Gasteiger partial charge >= 0.3 is 0 Å². The van der Waals surface area contributed by atoms with Gasteiger partial charge in [-0.15, -0.1) is 21.5 Å². The summed E-state index contributed by atoms with van der Waals surface area (Å²) in [5.74, 6) is 0.847. The first-order chi connectivity index (χ1) is 13.6. The van der Waals surface area contributed by atoms with Crippen LogP contribution in [0.3, 0.4) is 0 Å². The molecule has 8 heteroatoms. The number of benzene rings is 1. The highest BCUT2D eigenvalue weighted by Gasteiger charge is 2.24. The number of aromatic nitrogens is 4. The Balaban J connectivity index is 1.61. The van der Waals surface area contributed by atoms with Crippen molar-refractivity contribution in [3.05, 3.63) is 56.7 Å². The molecular weight excluding hydrogens is 392 g/mol. The Morgan fingerprint density at radius 1 is 1.18 bits per heavy atom. The lowest BCUT2D eigenvalue weighted by molar-refractivity contribution is 0.102. The first-order valence-corrected chi connectivity index (χ1v) is 11.0. The number of hydrogen-bond donors (Lipinski definition) is 0. The number of thiophene rings is 1. The summed E-state index contributed by atoms with van der Waals surface area (Å²) >= 11 is 3.04. The highest BCUT2D eigenvalue weighted by Crippen LogP contribution is 2.36. The molecule has 1 aliphatic rings. The maximum absolute atomic E-state index is 13.0. The summed E-state index contributed by atoms with van der Waals surface area (Å²) in [5.41, 5.74) is 1.87. The molecular formula is C20H18N4O2S2. The Hall–Kier alpha value is -2.45. The molecule has 3 aromatic heterocycles. The highest BCUT2D eigenvalue weighted by atomic mass is 32.2. The van der Waals surface area contributed by atoms with Crippen molar-refractivity contribution < 1.29 is 4.79 Å². The van der Waals surface area contributed by atoms with Gasteiger partial charge in [-0.1, -0.05) is 42.1 Å². The minimum atomic E-state index is -0.00814. The number of fused-ring (bicyclic) bond motifs is 5. The van der Waals surface area contributed by atoms with Gasteiger partial charge in [-0.25, -0.2) is 4.40 Å². The SMILES string of the molecule is Cn1c(=O)c2c3c(sc2n2c(SCC(=O)c4ccccc4)nnc12)CCCC3. The maximum atomic E-state index is 13.0. The van der Waals surface area contributed by atoms with Gasteiger partial charge in [0.15, 0.2) is 10.9 Å². The normalized spacial score (nSPS) is 13.9. The van der Waals surface area contributed by atoms with Crippen LogP contribution in [0.2, 0.25) is 0 Å². The molecule has 28 heavy (non-hydrogen) atoms. The van der Waals surface area contributed by atoms with Crippen molar-refractivity contribution in [3.8, 4) is 0 Å². The maximum Gasteiger partial charge on any atom is 0.263 e. The number of rotatable bonds is 4. The molecule has 4 aromatic rings. The van der Waals surface area contributed by atoms with E-state index in [1.807, 2.05) is 34.7 Å². The molecule has 0 saturated carbocycles. The lowest BCUT2D eigenvalue weighted by Crippen LogP contribution is -2.20. The van der Waals surface area contributed by atoms with Crippen molar-refractivity contribution in [3.63, 3.8) is 0 Å². The monoisotopic (exact) mass is 410 g/mol. The molecule has 0 bridgehead atoms. The zero-order valence-corrected chi connectivity index (χ0v) is 17.0. The standard InChI is InChI=1S/C20H18N4O2S2/c1-23-17(26)16-13-9-5-6-10-15(13)28-18(16)24-19(23)21-22-20(24)27-11-14(25)12-7-3-2-4-8-12/h2-4,7-8H,5-6,9-11H2,1H3. The van der Waals surface area contributed by atoms with E-state index in [1.54, 1.807) is 23.0 Å². The van der Waals surface area contributed by atoms with E-state index in [0.29, 0.717) is 16.5 Å². The second-order valence-electron chi connectivity index (χ2n) is 6.95. The lowest BCUT2D eigenvalue weighted by Gasteiger charge is -2.10. The van der Waals surface area contributed by atoms with Crippen molar-refractivity contribution in [2.45, 2.75) is 30.8 Å². The molecule has 0 spiro atoms. The zero-order valence-electron chi connectivity index (χ0n) is 15.3. The van der Waals surface area contributed by atoms with Crippen LogP contribution in [0, 0.1) is 0 Å². The van der Waals surface area contributed by atoms with Crippen molar-refractivity contribution in [2.24, 2.45) is 7.05 Å². The number of ketones is 1. The predicted octanol–water partition coefficient (Wildman–Crippen LogP) is 3.50. The fourth-order valence-electron chi connectivity index (χ4n) is 3.78. The van der Waals surface area contributed by atoms with Crippen LogP contribution < -0.4 is 5.56 Å². The summed E-state index contributed by atoms with van der Waals surface area (Å²) in [6.45, 7) is 0. The largest absolute Gasteiger partial charge is 0.293 e. The highest BCUT2D eigenvalue weighted by molar-refractivity contribution is 7.99. The molecule has 3 heterocycles. The molecule has 142 valence electrons. The molecule has 0 saturated heterocycles. The summed E-state index contributed by atoms with van der Waals surface area (Å²) in [4.78, 5) is 27.7. The first kappa shape index (κ1) is 17.6. The molecule has 0 radical (unpaired) electrons. The molecule has 0 amide bonds. The second kappa shape index (κ2) is 6.86. The Bertz CT molecular complexity index is 1270. The van der Waals surface area contributed by atoms with Gasteiger partial charge in [0.1, 0.15) is 4.83 Å². The molecule has 0 aliphatic heterocycles.